The fraction of sp³-hybridized carbons (Fsp3) is 0.333. The van der Waals surface area contributed by atoms with Crippen LogP contribution in [0.15, 0.2) is 48.5 Å². The molecule has 0 unspecified atom stereocenters. The molecule has 0 aromatic heterocycles. The Kier molecular flexibility index (Phi) is 6.49. The van der Waals surface area contributed by atoms with Gasteiger partial charge in [0, 0.05) is 11.4 Å². The highest BCUT2D eigenvalue weighted by Gasteiger charge is 2.09. The lowest BCUT2D eigenvalue weighted by Crippen LogP contribution is -2.16. The van der Waals surface area contributed by atoms with Crippen molar-refractivity contribution in [3.8, 4) is 5.75 Å². The van der Waals surface area contributed by atoms with E-state index < -0.39 is 10.0 Å². The topological polar surface area (TPSA) is 67.4 Å². The smallest absolute Gasteiger partial charge is 0.232 e. The molecule has 6 heteroatoms. The number of para-hydroxylation sites is 2. The van der Waals surface area contributed by atoms with E-state index in [4.69, 9.17) is 4.74 Å². The van der Waals surface area contributed by atoms with Crippen LogP contribution in [0.25, 0.3) is 0 Å². The number of anilines is 3. The first kappa shape index (κ1) is 18.1. The molecule has 130 valence electrons. The van der Waals surface area contributed by atoms with Gasteiger partial charge in [-0.3, -0.25) is 4.72 Å². The van der Waals surface area contributed by atoms with Gasteiger partial charge in [0.2, 0.25) is 10.0 Å². The number of benzene rings is 2. The molecule has 0 aliphatic carbocycles. The van der Waals surface area contributed by atoms with Crippen LogP contribution in [0.5, 0.6) is 5.75 Å². The Bertz CT molecular complexity index is 743. The second kappa shape index (κ2) is 8.59. The van der Waals surface area contributed by atoms with E-state index >= 15 is 0 Å². The lowest BCUT2D eigenvalue weighted by atomic mass is 10.2. The number of hydrogen-bond acceptors (Lipinski definition) is 4. The molecule has 0 aliphatic rings. The standard InChI is InChI=1S/C18H24N2O3S/c1-3-5-14-24(21,22)20-16-12-10-15(11-13-16)19-17-8-6-7-9-18(17)23-4-2/h6-13,19-20H,3-5,14H2,1-2H3. The van der Waals surface area contributed by atoms with Crippen LogP contribution in [0.1, 0.15) is 26.7 Å². The zero-order valence-electron chi connectivity index (χ0n) is 14.1. The average Bonchev–Trinajstić information content (AvgIpc) is 2.57. The monoisotopic (exact) mass is 348 g/mol. The zero-order chi connectivity index (χ0) is 17.4. The van der Waals surface area contributed by atoms with Crippen molar-refractivity contribution in [1.82, 2.24) is 0 Å². The number of rotatable bonds is 9. The Morgan fingerprint density at radius 3 is 2.29 bits per heavy atom. The van der Waals surface area contributed by atoms with Crippen molar-refractivity contribution in [2.75, 3.05) is 22.4 Å². The molecule has 2 aromatic carbocycles. The number of unbranched alkanes of at least 4 members (excludes halogenated alkanes) is 1. The van der Waals surface area contributed by atoms with Crippen molar-refractivity contribution in [2.24, 2.45) is 0 Å². The molecular weight excluding hydrogens is 324 g/mol. The molecule has 24 heavy (non-hydrogen) atoms. The minimum atomic E-state index is -3.27. The van der Waals surface area contributed by atoms with Crippen LogP contribution in [-0.4, -0.2) is 20.8 Å². The Hall–Kier alpha value is -2.21. The molecule has 2 aromatic rings. The van der Waals surface area contributed by atoms with E-state index in [1.54, 1.807) is 12.1 Å². The molecule has 0 bridgehead atoms. The Labute approximate surface area is 144 Å². The van der Waals surface area contributed by atoms with Gasteiger partial charge in [-0.15, -0.1) is 0 Å². The third-order valence-electron chi connectivity index (χ3n) is 3.39. The highest BCUT2D eigenvalue weighted by atomic mass is 32.2. The first-order valence-electron chi connectivity index (χ1n) is 8.13. The molecule has 5 nitrogen and oxygen atoms in total. The third kappa shape index (κ3) is 5.45. The maximum absolute atomic E-state index is 11.9. The largest absolute Gasteiger partial charge is 0.492 e. The summed E-state index contributed by atoms with van der Waals surface area (Å²) in [5.74, 6) is 0.926. The van der Waals surface area contributed by atoms with Crippen molar-refractivity contribution in [1.29, 1.82) is 0 Å². The Morgan fingerprint density at radius 1 is 0.958 bits per heavy atom. The fourth-order valence-electron chi connectivity index (χ4n) is 2.19. The molecular formula is C18H24N2O3S. The molecule has 0 spiro atoms. The van der Waals surface area contributed by atoms with Gasteiger partial charge in [0.1, 0.15) is 5.75 Å². The fourth-order valence-corrected chi connectivity index (χ4v) is 3.46. The van der Waals surface area contributed by atoms with Crippen molar-refractivity contribution in [3.05, 3.63) is 48.5 Å². The summed E-state index contributed by atoms with van der Waals surface area (Å²) in [5, 5.41) is 3.28. The van der Waals surface area contributed by atoms with E-state index in [2.05, 4.69) is 10.0 Å². The lowest BCUT2D eigenvalue weighted by molar-refractivity contribution is 0.342. The van der Waals surface area contributed by atoms with Gasteiger partial charge in [-0.2, -0.15) is 0 Å². The zero-order valence-corrected chi connectivity index (χ0v) is 14.9. The van der Waals surface area contributed by atoms with Gasteiger partial charge in [-0.1, -0.05) is 25.5 Å². The molecule has 0 amide bonds. The van der Waals surface area contributed by atoms with E-state index in [1.165, 1.54) is 0 Å². The van der Waals surface area contributed by atoms with E-state index in [1.807, 2.05) is 50.2 Å². The summed E-state index contributed by atoms with van der Waals surface area (Å²) in [4.78, 5) is 0. The lowest BCUT2D eigenvalue weighted by Gasteiger charge is -2.13. The molecule has 0 saturated carbocycles. The summed E-state index contributed by atoms with van der Waals surface area (Å²) in [6.45, 7) is 4.50. The van der Waals surface area contributed by atoms with E-state index in [9.17, 15) is 8.42 Å². The highest BCUT2D eigenvalue weighted by Crippen LogP contribution is 2.28. The molecule has 0 fully saturated rings. The van der Waals surface area contributed by atoms with Gasteiger partial charge in [0.05, 0.1) is 18.0 Å². The first-order chi connectivity index (χ1) is 11.5. The van der Waals surface area contributed by atoms with E-state index in [-0.39, 0.29) is 5.75 Å². The first-order valence-corrected chi connectivity index (χ1v) is 9.78. The summed E-state index contributed by atoms with van der Waals surface area (Å²) in [5.41, 5.74) is 2.30. The van der Waals surface area contributed by atoms with Gasteiger partial charge in [0.25, 0.3) is 0 Å². The maximum atomic E-state index is 11.9. The average molecular weight is 348 g/mol. The minimum absolute atomic E-state index is 0.144. The third-order valence-corrected chi connectivity index (χ3v) is 4.76. The summed E-state index contributed by atoms with van der Waals surface area (Å²) in [6.07, 6.45) is 1.51. The number of hydrogen-bond donors (Lipinski definition) is 2. The van der Waals surface area contributed by atoms with Crippen LogP contribution in [0.3, 0.4) is 0 Å². The van der Waals surface area contributed by atoms with Gasteiger partial charge >= 0.3 is 0 Å². The Morgan fingerprint density at radius 2 is 1.62 bits per heavy atom. The minimum Gasteiger partial charge on any atom is -0.492 e. The molecule has 0 radical (unpaired) electrons. The predicted molar refractivity (Wildman–Crippen MR) is 99.7 cm³/mol. The van der Waals surface area contributed by atoms with Crippen molar-refractivity contribution in [3.63, 3.8) is 0 Å². The number of ether oxygens (including phenoxy) is 1. The van der Waals surface area contributed by atoms with Gasteiger partial charge in [0.15, 0.2) is 0 Å². The van der Waals surface area contributed by atoms with Gasteiger partial charge < -0.3 is 10.1 Å². The number of sulfonamides is 1. The van der Waals surface area contributed by atoms with Crippen molar-refractivity contribution < 1.29 is 13.2 Å². The van der Waals surface area contributed by atoms with Crippen molar-refractivity contribution >= 4 is 27.1 Å². The van der Waals surface area contributed by atoms with Crippen LogP contribution in [-0.2, 0) is 10.0 Å². The van der Waals surface area contributed by atoms with Crippen LogP contribution in [0.4, 0.5) is 17.1 Å². The van der Waals surface area contributed by atoms with E-state index in [0.29, 0.717) is 18.7 Å². The number of nitrogens with one attached hydrogen (secondary N) is 2. The van der Waals surface area contributed by atoms with Crippen LogP contribution in [0, 0.1) is 0 Å². The molecule has 0 heterocycles. The normalized spacial score (nSPS) is 11.1. The summed E-state index contributed by atoms with van der Waals surface area (Å²) >= 11 is 0. The molecule has 0 atom stereocenters. The van der Waals surface area contributed by atoms with Crippen molar-refractivity contribution in [2.45, 2.75) is 26.7 Å². The maximum Gasteiger partial charge on any atom is 0.232 e. The van der Waals surface area contributed by atoms with Gasteiger partial charge in [-0.25, -0.2) is 8.42 Å². The predicted octanol–water partition coefficient (Wildman–Crippen LogP) is 4.37. The molecule has 2 rings (SSSR count). The summed E-state index contributed by atoms with van der Waals surface area (Å²) < 4.78 is 32.0. The molecule has 0 aliphatic heterocycles. The second-order valence-electron chi connectivity index (χ2n) is 5.41. The van der Waals surface area contributed by atoms with Crippen LogP contribution in [0.2, 0.25) is 0 Å². The SMILES string of the molecule is CCCCS(=O)(=O)Nc1ccc(Nc2ccccc2OCC)cc1. The molecule has 0 saturated heterocycles. The van der Waals surface area contributed by atoms with Crippen LogP contribution < -0.4 is 14.8 Å². The summed E-state index contributed by atoms with van der Waals surface area (Å²) in [6, 6.07) is 14.9. The van der Waals surface area contributed by atoms with Crippen LogP contribution >= 0.6 is 0 Å². The second-order valence-corrected chi connectivity index (χ2v) is 7.25. The highest BCUT2D eigenvalue weighted by molar-refractivity contribution is 7.92. The van der Waals surface area contributed by atoms with Gasteiger partial charge in [-0.05, 0) is 49.7 Å². The summed E-state index contributed by atoms with van der Waals surface area (Å²) in [7, 11) is -3.27. The molecule has 2 N–H and O–H groups in total. The quantitative estimate of drug-likeness (QED) is 0.706. The van der Waals surface area contributed by atoms with E-state index in [0.717, 1.165) is 23.5 Å². The Balaban J connectivity index is 2.05.